The summed E-state index contributed by atoms with van der Waals surface area (Å²) in [6.45, 7) is 5.49. The molecule has 0 aliphatic heterocycles. The van der Waals surface area contributed by atoms with E-state index in [4.69, 9.17) is 0 Å². The zero-order chi connectivity index (χ0) is 18.7. The van der Waals surface area contributed by atoms with Crippen molar-refractivity contribution in [1.29, 1.82) is 0 Å². The number of aryl methyl sites for hydroxylation is 1. The summed E-state index contributed by atoms with van der Waals surface area (Å²) in [5.74, 6) is -0.708. The molecule has 0 fully saturated rings. The fourth-order valence-corrected chi connectivity index (χ4v) is 3.66. The maximum Gasteiger partial charge on any atom is 0.232 e. The quantitative estimate of drug-likeness (QED) is 0.656. The van der Waals surface area contributed by atoms with Crippen LogP contribution in [0.3, 0.4) is 0 Å². The largest absolute Gasteiger partial charge is 0.301 e. The lowest BCUT2D eigenvalue weighted by Gasteiger charge is -2.34. The molecule has 134 valence electrons. The van der Waals surface area contributed by atoms with Gasteiger partial charge in [0, 0.05) is 17.5 Å². The summed E-state index contributed by atoms with van der Waals surface area (Å²) in [6.07, 6.45) is 1.65. The standard InChI is InChI=1S/C21H21FN2OS/c1-14-9-10-16(13-17(14)22)18(15-7-5-4-6-8-15)21(2,3)19(25)24-20-23-11-12-26-20/h4-13,18H,1-3H3,(H,23,24,25). The molecule has 1 amide bonds. The molecule has 3 rings (SSSR count). The molecule has 3 aromatic rings. The molecule has 1 heterocycles. The number of hydrogen-bond donors (Lipinski definition) is 1. The highest BCUT2D eigenvalue weighted by molar-refractivity contribution is 7.13. The number of rotatable bonds is 5. The number of carbonyl (C=O) groups excluding carboxylic acids is 1. The molecule has 1 atom stereocenters. The average molecular weight is 368 g/mol. The van der Waals surface area contributed by atoms with Crippen molar-refractivity contribution in [2.24, 2.45) is 5.41 Å². The molecule has 0 aliphatic carbocycles. The van der Waals surface area contributed by atoms with Crippen LogP contribution in [0.15, 0.2) is 60.1 Å². The zero-order valence-electron chi connectivity index (χ0n) is 15.0. The summed E-state index contributed by atoms with van der Waals surface area (Å²) >= 11 is 1.37. The zero-order valence-corrected chi connectivity index (χ0v) is 15.8. The Bertz CT molecular complexity index is 892. The smallest absolute Gasteiger partial charge is 0.232 e. The maximum absolute atomic E-state index is 14.2. The second-order valence-corrected chi connectivity index (χ2v) is 7.76. The van der Waals surface area contributed by atoms with Crippen LogP contribution in [0.4, 0.5) is 9.52 Å². The van der Waals surface area contributed by atoms with Crippen LogP contribution in [0.5, 0.6) is 0 Å². The topological polar surface area (TPSA) is 42.0 Å². The molecule has 5 heteroatoms. The maximum atomic E-state index is 14.2. The molecule has 0 saturated carbocycles. The third-order valence-electron chi connectivity index (χ3n) is 4.62. The highest BCUT2D eigenvalue weighted by atomic mass is 32.1. The van der Waals surface area contributed by atoms with Gasteiger partial charge in [-0.05, 0) is 29.7 Å². The summed E-state index contributed by atoms with van der Waals surface area (Å²) in [4.78, 5) is 17.2. The van der Waals surface area contributed by atoms with E-state index in [1.165, 1.54) is 17.4 Å². The highest BCUT2D eigenvalue weighted by Gasteiger charge is 2.39. The first-order valence-electron chi connectivity index (χ1n) is 8.41. The molecule has 1 aromatic heterocycles. The van der Waals surface area contributed by atoms with E-state index < -0.39 is 5.41 Å². The number of nitrogens with zero attached hydrogens (tertiary/aromatic N) is 1. The number of carbonyl (C=O) groups is 1. The van der Waals surface area contributed by atoms with Gasteiger partial charge < -0.3 is 5.32 Å². The Hall–Kier alpha value is -2.53. The van der Waals surface area contributed by atoms with Gasteiger partial charge in [0.25, 0.3) is 0 Å². The number of nitrogens with one attached hydrogen (secondary N) is 1. The first-order chi connectivity index (χ1) is 12.4. The second-order valence-electron chi connectivity index (χ2n) is 6.87. The van der Waals surface area contributed by atoms with Crippen LogP contribution >= 0.6 is 11.3 Å². The molecular weight excluding hydrogens is 347 g/mol. The number of amides is 1. The lowest BCUT2D eigenvalue weighted by molar-refractivity contribution is -0.124. The van der Waals surface area contributed by atoms with Gasteiger partial charge in [-0.1, -0.05) is 56.3 Å². The molecule has 0 radical (unpaired) electrons. The lowest BCUT2D eigenvalue weighted by Crippen LogP contribution is -2.37. The van der Waals surface area contributed by atoms with Crippen molar-refractivity contribution in [3.8, 4) is 0 Å². The highest BCUT2D eigenvalue weighted by Crippen LogP contribution is 2.42. The van der Waals surface area contributed by atoms with Crippen molar-refractivity contribution in [1.82, 2.24) is 4.98 Å². The Morgan fingerprint density at radius 3 is 2.50 bits per heavy atom. The van der Waals surface area contributed by atoms with E-state index in [2.05, 4.69) is 10.3 Å². The van der Waals surface area contributed by atoms with Gasteiger partial charge in [0.15, 0.2) is 5.13 Å². The van der Waals surface area contributed by atoms with Crippen LogP contribution in [-0.4, -0.2) is 10.9 Å². The Kier molecular flexibility index (Phi) is 5.18. The summed E-state index contributed by atoms with van der Waals surface area (Å²) in [5, 5.41) is 5.26. The molecule has 0 spiro atoms. The van der Waals surface area contributed by atoms with Gasteiger partial charge >= 0.3 is 0 Å². The predicted molar refractivity (Wildman–Crippen MR) is 104 cm³/mol. The SMILES string of the molecule is Cc1ccc(C(c2ccccc2)C(C)(C)C(=O)Nc2nccs2)cc1F. The number of anilines is 1. The average Bonchev–Trinajstić information content (AvgIpc) is 3.12. The predicted octanol–water partition coefficient (Wildman–Crippen LogP) is 5.39. The van der Waals surface area contributed by atoms with Gasteiger partial charge in [-0.25, -0.2) is 9.37 Å². The van der Waals surface area contributed by atoms with Crippen molar-refractivity contribution in [2.45, 2.75) is 26.7 Å². The molecule has 0 bridgehead atoms. The van der Waals surface area contributed by atoms with Crippen molar-refractivity contribution in [2.75, 3.05) is 5.32 Å². The van der Waals surface area contributed by atoms with Gasteiger partial charge in [-0.3, -0.25) is 4.79 Å². The fraction of sp³-hybridized carbons (Fsp3) is 0.238. The summed E-state index contributed by atoms with van der Waals surface area (Å²) < 4.78 is 14.2. The van der Waals surface area contributed by atoms with Crippen LogP contribution in [-0.2, 0) is 4.79 Å². The Balaban J connectivity index is 2.04. The van der Waals surface area contributed by atoms with E-state index in [9.17, 15) is 9.18 Å². The van der Waals surface area contributed by atoms with Crippen LogP contribution in [0, 0.1) is 18.2 Å². The molecule has 26 heavy (non-hydrogen) atoms. The van der Waals surface area contributed by atoms with Crippen molar-refractivity contribution in [3.05, 3.63) is 82.6 Å². The van der Waals surface area contributed by atoms with Crippen molar-refractivity contribution in [3.63, 3.8) is 0 Å². The molecule has 0 saturated heterocycles. The molecule has 1 N–H and O–H groups in total. The Morgan fingerprint density at radius 1 is 1.15 bits per heavy atom. The fourth-order valence-electron chi connectivity index (χ4n) is 3.13. The summed E-state index contributed by atoms with van der Waals surface area (Å²) in [6, 6.07) is 14.9. The van der Waals surface area contributed by atoms with E-state index in [1.807, 2.05) is 55.6 Å². The number of benzene rings is 2. The first-order valence-corrected chi connectivity index (χ1v) is 9.29. The monoisotopic (exact) mass is 368 g/mol. The van der Waals surface area contributed by atoms with Crippen LogP contribution in [0.25, 0.3) is 0 Å². The number of thiazole rings is 1. The number of aromatic nitrogens is 1. The Labute approximate surface area is 156 Å². The minimum atomic E-state index is -0.811. The van der Waals surface area contributed by atoms with Crippen LogP contribution in [0.1, 0.15) is 36.5 Å². The molecule has 3 nitrogen and oxygen atoms in total. The lowest BCUT2D eigenvalue weighted by atomic mass is 9.70. The van der Waals surface area contributed by atoms with Crippen molar-refractivity contribution < 1.29 is 9.18 Å². The van der Waals surface area contributed by atoms with E-state index in [1.54, 1.807) is 19.2 Å². The normalized spacial score (nSPS) is 12.6. The molecule has 2 aromatic carbocycles. The van der Waals surface area contributed by atoms with E-state index in [0.29, 0.717) is 10.7 Å². The molecular formula is C21H21FN2OS. The van der Waals surface area contributed by atoms with Crippen LogP contribution < -0.4 is 5.32 Å². The van der Waals surface area contributed by atoms with Crippen molar-refractivity contribution >= 4 is 22.4 Å². The number of halogens is 1. The summed E-state index contributed by atoms with van der Waals surface area (Å²) in [5.41, 5.74) is 1.52. The minimum absolute atomic E-state index is 0.151. The van der Waals surface area contributed by atoms with E-state index in [-0.39, 0.29) is 17.6 Å². The van der Waals surface area contributed by atoms with E-state index in [0.717, 1.165) is 11.1 Å². The minimum Gasteiger partial charge on any atom is -0.301 e. The molecule has 0 aliphatic rings. The van der Waals surface area contributed by atoms with E-state index >= 15 is 0 Å². The number of hydrogen-bond acceptors (Lipinski definition) is 3. The van der Waals surface area contributed by atoms with Gasteiger partial charge in [-0.15, -0.1) is 11.3 Å². The second kappa shape index (κ2) is 7.38. The van der Waals surface area contributed by atoms with Gasteiger partial charge in [0.2, 0.25) is 5.91 Å². The van der Waals surface area contributed by atoms with Crippen LogP contribution in [0.2, 0.25) is 0 Å². The van der Waals surface area contributed by atoms with Gasteiger partial charge in [-0.2, -0.15) is 0 Å². The first kappa shape index (κ1) is 18.3. The van der Waals surface area contributed by atoms with Gasteiger partial charge in [0.1, 0.15) is 5.82 Å². The third kappa shape index (κ3) is 3.68. The summed E-state index contributed by atoms with van der Waals surface area (Å²) in [7, 11) is 0. The third-order valence-corrected chi connectivity index (χ3v) is 5.31. The van der Waals surface area contributed by atoms with Gasteiger partial charge in [0.05, 0.1) is 5.41 Å². The Morgan fingerprint density at radius 2 is 1.88 bits per heavy atom. The molecule has 1 unspecified atom stereocenters.